The molecule has 0 unspecified atom stereocenters. The maximum atomic E-state index is 11.8. The van der Waals surface area contributed by atoms with Crippen LogP contribution in [0.25, 0.3) is 0 Å². The molecule has 2 amide bonds. The predicted octanol–water partition coefficient (Wildman–Crippen LogP) is 2.42. The molecule has 25 heavy (non-hydrogen) atoms. The fourth-order valence-electron chi connectivity index (χ4n) is 2.58. The molecular formula is C18H28N2O4S. The van der Waals surface area contributed by atoms with Gasteiger partial charge in [-0.1, -0.05) is 13.8 Å². The summed E-state index contributed by atoms with van der Waals surface area (Å²) in [5, 5.41) is 14.1. The lowest BCUT2D eigenvalue weighted by atomic mass is 10.0. The molecule has 0 spiro atoms. The fourth-order valence-corrected chi connectivity index (χ4v) is 3.55. The van der Waals surface area contributed by atoms with Gasteiger partial charge in [-0.25, -0.2) is 4.79 Å². The summed E-state index contributed by atoms with van der Waals surface area (Å²) in [6.45, 7) is 7.72. The highest BCUT2D eigenvalue weighted by Gasteiger charge is 2.21. The van der Waals surface area contributed by atoms with Crippen molar-refractivity contribution in [2.75, 3.05) is 6.54 Å². The Bertz CT molecular complexity index is 610. The fraction of sp³-hybridized carbons (Fsp3) is 0.611. The summed E-state index contributed by atoms with van der Waals surface area (Å²) in [5.74, 6) is -1.59. The number of rotatable bonds is 10. The molecule has 1 heterocycles. The number of amides is 2. The topological polar surface area (TPSA) is 95.5 Å². The summed E-state index contributed by atoms with van der Waals surface area (Å²) in [4.78, 5) is 37.3. The first-order valence-electron chi connectivity index (χ1n) is 8.53. The third-order valence-corrected chi connectivity index (χ3v) is 4.79. The maximum Gasteiger partial charge on any atom is 0.326 e. The molecule has 0 fully saturated rings. The van der Waals surface area contributed by atoms with Crippen LogP contribution in [0.1, 0.15) is 48.4 Å². The highest BCUT2D eigenvalue weighted by molar-refractivity contribution is 7.12. The Balaban J connectivity index is 2.29. The smallest absolute Gasteiger partial charge is 0.326 e. The second-order valence-corrected chi connectivity index (χ2v) is 8.12. The maximum absolute atomic E-state index is 11.8. The van der Waals surface area contributed by atoms with Crippen LogP contribution in [0.2, 0.25) is 0 Å². The molecule has 0 aromatic carbocycles. The standard InChI is InChI=1S/C18H28N2O4S/c1-11(2)8-15(18(23)24)20-17(22)10-19-16(21)7-5-6-14-9-12(3)25-13(14)4/h9,11,15H,5-8,10H2,1-4H3,(H,19,21)(H,20,22)(H,23,24)/t15-/m0/s1. The molecule has 0 bridgehead atoms. The van der Waals surface area contributed by atoms with Gasteiger partial charge in [0.15, 0.2) is 0 Å². The number of carboxylic acid groups (broad SMARTS) is 1. The largest absolute Gasteiger partial charge is 0.480 e. The van der Waals surface area contributed by atoms with Gasteiger partial charge in [-0.2, -0.15) is 0 Å². The number of nitrogens with one attached hydrogen (secondary N) is 2. The summed E-state index contributed by atoms with van der Waals surface area (Å²) in [7, 11) is 0. The van der Waals surface area contributed by atoms with Crippen molar-refractivity contribution in [2.45, 2.75) is 59.4 Å². The van der Waals surface area contributed by atoms with E-state index in [1.165, 1.54) is 15.3 Å². The lowest BCUT2D eigenvalue weighted by Crippen LogP contribution is -2.46. The second kappa shape index (κ2) is 10.2. The third-order valence-electron chi connectivity index (χ3n) is 3.78. The average molecular weight is 368 g/mol. The zero-order valence-corrected chi connectivity index (χ0v) is 16.2. The molecule has 0 radical (unpaired) electrons. The molecule has 1 rings (SSSR count). The lowest BCUT2D eigenvalue weighted by Gasteiger charge is -2.16. The van der Waals surface area contributed by atoms with Crippen molar-refractivity contribution < 1.29 is 19.5 Å². The van der Waals surface area contributed by atoms with Crippen LogP contribution in [0.3, 0.4) is 0 Å². The molecule has 1 aromatic rings. The highest BCUT2D eigenvalue weighted by atomic mass is 32.1. The number of aryl methyl sites for hydroxylation is 3. The van der Waals surface area contributed by atoms with Gasteiger partial charge < -0.3 is 15.7 Å². The highest BCUT2D eigenvalue weighted by Crippen LogP contribution is 2.22. The van der Waals surface area contributed by atoms with Gasteiger partial charge in [0.1, 0.15) is 6.04 Å². The molecule has 0 aliphatic rings. The number of hydrogen-bond acceptors (Lipinski definition) is 4. The molecular weight excluding hydrogens is 340 g/mol. The summed E-state index contributed by atoms with van der Waals surface area (Å²) < 4.78 is 0. The van der Waals surface area contributed by atoms with Crippen molar-refractivity contribution in [3.63, 3.8) is 0 Å². The van der Waals surface area contributed by atoms with Crippen molar-refractivity contribution in [1.82, 2.24) is 10.6 Å². The summed E-state index contributed by atoms with van der Waals surface area (Å²) >= 11 is 1.75. The minimum Gasteiger partial charge on any atom is -0.480 e. The van der Waals surface area contributed by atoms with E-state index >= 15 is 0 Å². The van der Waals surface area contributed by atoms with Gasteiger partial charge in [0.05, 0.1) is 6.54 Å². The number of carbonyl (C=O) groups excluding carboxylic acids is 2. The van der Waals surface area contributed by atoms with Crippen LogP contribution in [0.15, 0.2) is 6.07 Å². The molecule has 0 aliphatic carbocycles. The van der Waals surface area contributed by atoms with E-state index in [9.17, 15) is 14.4 Å². The van der Waals surface area contributed by atoms with Crippen LogP contribution in [-0.4, -0.2) is 35.5 Å². The molecule has 0 aliphatic heterocycles. The molecule has 0 saturated heterocycles. The quantitative estimate of drug-likeness (QED) is 0.591. The Kier molecular flexibility index (Phi) is 8.61. The van der Waals surface area contributed by atoms with Crippen molar-refractivity contribution in [3.8, 4) is 0 Å². The Morgan fingerprint density at radius 2 is 1.88 bits per heavy atom. The van der Waals surface area contributed by atoms with E-state index in [4.69, 9.17) is 5.11 Å². The SMILES string of the molecule is Cc1cc(CCCC(=O)NCC(=O)N[C@@H](CC(C)C)C(=O)O)c(C)s1. The van der Waals surface area contributed by atoms with E-state index in [1.54, 1.807) is 11.3 Å². The molecule has 0 saturated carbocycles. The minimum atomic E-state index is -1.06. The first-order valence-corrected chi connectivity index (χ1v) is 9.35. The Hall–Kier alpha value is -1.89. The molecule has 1 atom stereocenters. The minimum absolute atomic E-state index is 0.153. The van der Waals surface area contributed by atoms with Crippen LogP contribution in [0.5, 0.6) is 0 Å². The van der Waals surface area contributed by atoms with Crippen LogP contribution in [-0.2, 0) is 20.8 Å². The van der Waals surface area contributed by atoms with Crippen molar-refractivity contribution in [2.24, 2.45) is 5.92 Å². The zero-order valence-electron chi connectivity index (χ0n) is 15.3. The third kappa shape index (κ3) is 8.16. The lowest BCUT2D eigenvalue weighted by molar-refractivity contribution is -0.142. The number of aliphatic carboxylic acids is 1. The molecule has 1 aromatic heterocycles. The van der Waals surface area contributed by atoms with Gasteiger partial charge in [0.2, 0.25) is 11.8 Å². The van der Waals surface area contributed by atoms with E-state index < -0.39 is 17.9 Å². The monoisotopic (exact) mass is 368 g/mol. The van der Waals surface area contributed by atoms with Crippen LogP contribution in [0, 0.1) is 19.8 Å². The molecule has 3 N–H and O–H groups in total. The van der Waals surface area contributed by atoms with E-state index in [-0.39, 0.29) is 18.4 Å². The van der Waals surface area contributed by atoms with Gasteiger partial charge in [-0.15, -0.1) is 11.3 Å². The van der Waals surface area contributed by atoms with Crippen molar-refractivity contribution in [3.05, 3.63) is 21.4 Å². The van der Waals surface area contributed by atoms with E-state index in [0.717, 1.165) is 12.8 Å². The first-order chi connectivity index (χ1) is 11.7. The normalized spacial score (nSPS) is 12.0. The molecule has 7 heteroatoms. The first kappa shape index (κ1) is 21.2. The molecule has 6 nitrogen and oxygen atoms in total. The average Bonchev–Trinajstić information content (AvgIpc) is 2.82. The number of thiophene rings is 1. The number of carboxylic acids is 1. The van der Waals surface area contributed by atoms with Gasteiger partial charge >= 0.3 is 5.97 Å². The number of carbonyl (C=O) groups is 3. The van der Waals surface area contributed by atoms with Crippen molar-refractivity contribution in [1.29, 1.82) is 0 Å². The van der Waals surface area contributed by atoms with Crippen LogP contribution in [0.4, 0.5) is 0 Å². The van der Waals surface area contributed by atoms with E-state index in [2.05, 4.69) is 30.5 Å². The van der Waals surface area contributed by atoms with E-state index in [1.807, 2.05) is 13.8 Å². The van der Waals surface area contributed by atoms with Crippen molar-refractivity contribution >= 4 is 29.1 Å². The zero-order chi connectivity index (χ0) is 19.0. The second-order valence-electron chi connectivity index (χ2n) is 6.66. The molecule has 140 valence electrons. The Labute approximate surface area is 153 Å². The van der Waals surface area contributed by atoms with Crippen LogP contribution >= 0.6 is 11.3 Å². The summed E-state index contributed by atoms with van der Waals surface area (Å²) in [5.41, 5.74) is 1.27. The van der Waals surface area contributed by atoms with Gasteiger partial charge in [0.25, 0.3) is 0 Å². The van der Waals surface area contributed by atoms with Gasteiger partial charge in [-0.3, -0.25) is 9.59 Å². The van der Waals surface area contributed by atoms with Crippen LogP contribution < -0.4 is 10.6 Å². The Morgan fingerprint density at radius 1 is 1.20 bits per heavy atom. The number of hydrogen-bond donors (Lipinski definition) is 3. The summed E-state index contributed by atoms with van der Waals surface area (Å²) in [6, 6.07) is 1.22. The Morgan fingerprint density at radius 3 is 2.40 bits per heavy atom. The predicted molar refractivity (Wildman–Crippen MR) is 98.8 cm³/mol. The van der Waals surface area contributed by atoms with E-state index in [0.29, 0.717) is 12.8 Å². The van der Waals surface area contributed by atoms with Gasteiger partial charge in [-0.05, 0) is 50.7 Å². The van der Waals surface area contributed by atoms with Gasteiger partial charge in [0, 0.05) is 16.2 Å². The summed E-state index contributed by atoms with van der Waals surface area (Å²) in [6.07, 6.45) is 2.26.